The average molecular weight is 504 g/mol. The minimum absolute atomic E-state index is 0.139. The van der Waals surface area contributed by atoms with Gasteiger partial charge in [0.25, 0.3) is 0 Å². The molecule has 2 rings (SSSR count). The zero-order chi connectivity index (χ0) is 23.4. The van der Waals surface area contributed by atoms with E-state index < -0.39 is 27.4 Å². The molecule has 174 valence electrons. The molecule has 0 saturated carbocycles. The van der Waals surface area contributed by atoms with Crippen LogP contribution in [0.1, 0.15) is 46.1 Å². The number of rotatable bonds is 11. The third-order valence-electron chi connectivity index (χ3n) is 4.14. The van der Waals surface area contributed by atoms with E-state index in [0.29, 0.717) is 37.6 Å². The molecule has 0 bridgehead atoms. The van der Waals surface area contributed by atoms with Crippen LogP contribution >= 0.6 is 0 Å². The second-order valence-corrected chi connectivity index (χ2v) is 11.0. The van der Waals surface area contributed by atoms with Crippen LogP contribution in [0, 0.1) is 0 Å². The fourth-order valence-corrected chi connectivity index (χ4v) is 5.11. The molecule has 1 aromatic heterocycles. The van der Waals surface area contributed by atoms with Gasteiger partial charge < -0.3 is 0 Å². The fraction of sp³-hybridized carbons (Fsp3) is 0.458. The first-order valence-corrected chi connectivity index (χ1v) is 13.4. The van der Waals surface area contributed by atoms with Crippen molar-refractivity contribution < 1.29 is 23.8 Å². The Bertz CT molecular complexity index is 883. The fourth-order valence-electron chi connectivity index (χ4n) is 2.79. The Hall–Kier alpha value is -2.53. The van der Waals surface area contributed by atoms with Gasteiger partial charge in [0.15, 0.2) is 0 Å². The zero-order valence-corrected chi connectivity index (χ0v) is 21.4. The molecule has 1 aromatic carbocycles. The SMILES string of the molecule is CCOC(=O)CCC[AsH]c1cccnc1Oc1cccc(CCNC(=O)OC(C)(C)C)c1. The molecule has 1 unspecified atom stereocenters. The van der Waals surface area contributed by atoms with Crippen LogP contribution < -0.4 is 14.4 Å². The summed E-state index contributed by atoms with van der Waals surface area (Å²) in [5.41, 5.74) is 0.529. The van der Waals surface area contributed by atoms with Crippen molar-refractivity contribution in [1.82, 2.24) is 10.3 Å². The van der Waals surface area contributed by atoms with E-state index in [1.807, 2.05) is 64.1 Å². The molecular weight excluding hydrogens is 471 g/mol. The van der Waals surface area contributed by atoms with Crippen molar-refractivity contribution in [3.05, 3.63) is 48.2 Å². The Morgan fingerprint density at radius 1 is 1.16 bits per heavy atom. The number of ether oxygens (including phenoxy) is 3. The summed E-state index contributed by atoms with van der Waals surface area (Å²) in [6.45, 7) is 8.22. The molecular formula is C24H33AsN2O5. The Kier molecular flexibility index (Phi) is 10.5. The van der Waals surface area contributed by atoms with Crippen molar-refractivity contribution in [3.8, 4) is 11.6 Å². The van der Waals surface area contributed by atoms with Crippen LogP contribution in [0.4, 0.5) is 4.79 Å². The van der Waals surface area contributed by atoms with Gasteiger partial charge in [-0.15, -0.1) is 0 Å². The Balaban J connectivity index is 1.87. The third-order valence-corrected chi connectivity index (χ3v) is 7.01. The van der Waals surface area contributed by atoms with Crippen LogP contribution in [-0.4, -0.2) is 51.6 Å². The van der Waals surface area contributed by atoms with E-state index in [-0.39, 0.29) is 5.97 Å². The maximum atomic E-state index is 11.8. The number of carbonyl (C=O) groups excluding carboxylic acids is 2. The normalized spacial score (nSPS) is 11.4. The first-order chi connectivity index (χ1) is 15.3. The van der Waals surface area contributed by atoms with Gasteiger partial charge in [-0.2, -0.15) is 0 Å². The summed E-state index contributed by atoms with van der Waals surface area (Å²) < 4.78 is 17.4. The second-order valence-electron chi connectivity index (χ2n) is 8.12. The van der Waals surface area contributed by atoms with E-state index in [4.69, 9.17) is 14.2 Å². The standard InChI is InChI=1S/C24H33AsN2O5/c1-5-30-21(28)12-7-14-25-20-11-8-15-26-22(20)31-19-10-6-9-18(17-19)13-16-27-23(29)32-24(2,3)4/h6,8-11,15,17,25H,5,7,12-14,16H2,1-4H3,(H,27,29). The number of amides is 1. The molecule has 0 saturated heterocycles. The molecule has 0 aliphatic rings. The number of hydrogen-bond acceptors (Lipinski definition) is 6. The Labute approximate surface area is 196 Å². The summed E-state index contributed by atoms with van der Waals surface area (Å²) in [6, 6.07) is 11.7. The molecule has 1 amide bonds. The first kappa shape index (κ1) is 25.7. The van der Waals surface area contributed by atoms with Crippen LogP contribution in [0.2, 0.25) is 5.21 Å². The number of nitrogens with one attached hydrogen (secondary N) is 1. The molecule has 2 aromatic rings. The van der Waals surface area contributed by atoms with Crippen LogP contribution in [0.5, 0.6) is 11.6 Å². The molecule has 8 heteroatoms. The van der Waals surface area contributed by atoms with E-state index >= 15 is 0 Å². The van der Waals surface area contributed by atoms with Crippen molar-refractivity contribution in [3.63, 3.8) is 0 Å². The molecule has 32 heavy (non-hydrogen) atoms. The van der Waals surface area contributed by atoms with Gasteiger partial charge in [0.1, 0.15) is 0 Å². The summed E-state index contributed by atoms with van der Waals surface area (Å²) in [5.74, 6) is 1.19. The molecule has 0 radical (unpaired) electrons. The van der Waals surface area contributed by atoms with Crippen molar-refractivity contribution in [2.24, 2.45) is 0 Å². The summed E-state index contributed by atoms with van der Waals surface area (Å²) in [7, 11) is 0. The first-order valence-electron chi connectivity index (χ1n) is 10.8. The van der Waals surface area contributed by atoms with Gasteiger partial charge in [-0.1, -0.05) is 0 Å². The summed E-state index contributed by atoms with van der Waals surface area (Å²) >= 11 is -0.478. The Morgan fingerprint density at radius 3 is 2.72 bits per heavy atom. The average Bonchev–Trinajstić information content (AvgIpc) is 2.71. The van der Waals surface area contributed by atoms with Gasteiger partial charge in [0.2, 0.25) is 0 Å². The van der Waals surface area contributed by atoms with E-state index in [0.717, 1.165) is 21.5 Å². The van der Waals surface area contributed by atoms with Gasteiger partial charge in [-0.05, 0) is 20.8 Å². The zero-order valence-electron chi connectivity index (χ0n) is 19.3. The second kappa shape index (κ2) is 13.1. The number of pyridine rings is 1. The quantitative estimate of drug-likeness (QED) is 0.285. The maximum absolute atomic E-state index is 11.8. The number of esters is 1. The molecule has 1 heterocycles. The molecule has 7 nitrogen and oxygen atoms in total. The van der Waals surface area contributed by atoms with Crippen LogP contribution in [0.25, 0.3) is 0 Å². The predicted molar refractivity (Wildman–Crippen MR) is 126 cm³/mol. The van der Waals surface area contributed by atoms with Gasteiger partial charge in [-0.25, -0.2) is 0 Å². The van der Waals surface area contributed by atoms with Crippen molar-refractivity contribution >= 4 is 32.2 Å². The minimum atomic E-state index is -0.514. The number of carbonyl (C=O) groups is 2. The summed E-state index contributed by atoms with van der Waals surface area (Å²) in [5, 5.41) is 3.74. The van der Waals surface area contributed by atoms with Gasteiger partial charge in [0.05, 0.1) is 0 Å². The monoisotopic (exact) mass is 504 g/mol. The van der Waals surface area contributed by atoms with Crippen LogP contribution in [0.3, 0.4) is 0 Å². The molecule has 0 spiro atoms. The Morgan fingerprint density at radius 2 is 1.97 bits per heavy atom. The summed E-state index contributed by atoms with van der Waals surface area (Å²) in [4.78, 5) is 27.7. The molecule has 1 atom stereocenters. The molecule has 1 N–H and O–H groups in total. The number of alkyl carbamates (subject to hydrolysis) is 1. The van der Waals surface area contributed by atoms with Crippen molar-refractivity contribution in [2.45, 2.75) is 57.8 Å². The molecule has 0 aliphatic heterocycles. The van der Waals surface area contributed by atoms with Crippen LogP contribution in [-0.2, 0) is 20.7 Å². The molecule has 0 aliphatic carbocycles. The summed E-state index contributed by atoms with van der Waals surface area (Å²) in [6.07, 6.45) is 3.22. The van der Waals surface area contributed by atoms with E-state index in [1.54, 1.807) is 6.20 Å². The van der Waals surface area contributed by atoms with Crippen molar-refractivity contribution in [2.75, 3.05) is 13.2 Å². The van der Waals surface area contributed by atoms with E-state index in [9.17, 15) is 9.59 Å². The third kappa shape index (κ3) is 10.2. The van der Waals surface area contributed by atoms with Crippen LogP contribution in [0.15, 0.2) is 42.6 Å². The van der Waals surface area contributed by atoms with Gasteiger partial charge in [0, 0.05) is 0 Å². The number of nitrogens with zero attached hydrogens (tertiary/aromatic N) is 1. The van der Waals surface area contributed by atoms with Gasteiger partial charge >= 0.3 is 176 Å². The van der Waals surface area contributed by atoms with E-state index in [1.165, 1.54) is 0 Å². The van der Waals surface area contributed by atoms with Gasteiger partial charge in [-0.3, -0.25) is 0 Å². The topological polar surface area (TPSA) is 86.8 Å². The number of hydrogen-bond donors (Lipinski definition) is 1. The number of benzene rings is 1. The van der Waals surface area contributed by atoms with Crippen molar-refractivity contribution in [1.29, 1.82) is 0 Å². The molecule has 0 fully saturated rings. The number of aromatic nitrogens is 1. The van der Waals surface area contributed by atoms with E-state index in [2.05, 4.69) is 10.3 Å². The predicted octanol–water partition coefficient (Wildman–Crippen LogP) is 3.76.